The Hall–Kier alpha value is -1.78. The molecule has 0 aliphatic rings. The van der Waals surface area contributed by atoms with Gasteiger partial charge in [-0.05, 0) is 38.3 Å². The normalized spacial score (nSPS) is 11.6. The summed E-state index contributed by atoms with van der Waals surface area (Å²) in [6.07, 6.45) is 25.3. The van der Waals surface area contributed by atoms with Crippen molar-refractivity contribution in [3.05, 3.63) is 79.1 Å². The molecule has 0 fully saturated rings. The fourth-order valence-electron chi connectivity index (χ4n) is 1.12. The lowest BCUT2D eigenvalue weighted by molar-refractivity contribution is 0.867. The highest BCUT2D eigenvalue weighted by atomic mass is 13.8. The number of unbranched alkanes of at least 4 members (excludes halogenated alkanes) is 2. The second kappa shape index (κ2) is 14.2. The Morgan fingerprint density at radius 3 is 2.29 bits per heavy atom. The van der Waals surface area contributed by atoms with Crippen molar-refractivity contribution in [2.45, 2.75) is 26.2 Å². The van der Waals surface area contributed by atoms with Crippen LogP contribution in [0, 0.1) is 0 Å². The second-order valence-electron chi connectivity index (χ2n) is 3.43. The van der Waals surface area contributed by atoms with Crippen molar-refractivity contribution in [1.82, 2.24) is 0 Å². The number of hydrogen-bond donors (Lipinski definition) is 0. The van der Waals surface area contributed by atoms with Crippen molar-refractivity contribution in [2.24, 2.45) is 0 Å². The zero-order valence-corrected chi connectivity index (χ0v) is 10.7. The van der Waals surface area contributed by atoms with E-state index in [4.69, 9.17) is 0 Å². The number of rotatable bonds is 8. The van der Waals surface area contributed by atoms with Gasteiger partial charge in [0.1, 0.15) is 0 Å². The molecule has 0 nitrogen and oxygen atoms in total. The molecule has 90 valence electrons. The van der Waals surface area contributed by atoms with E-state index in [1.54, 1.807) is 6.08 Å². The van der Waals surface area contributed by atoms with Crippen LogP contribution in [0.3, 0.4) is 0 Å². The van der Waals surface area contributed by atoms with Gasteiger partial charge in [-0.25, -0.2) is 0 Å². The van der Waals surface area contributed by atoms with Gasteiger partial charge in [-0.2, -0.15) is 0 Å². The molecular formula is C17H22. The molecule has 0 atom stereocenters. The molecule has 0 bridgehead atoms. The predicted molar refractivity (Wildman–Crippen MR) is 78.9 cm³/mol. The van der Waals surface area contributed by atoms with E-state index in [1.807, 2.05) is 36.5 Å². The van der Waals surface area contributed by atoms with Crippen LogP contribution in [0.5, 0.6) is 0 Å². The maximum Gasteiger partial charge on any atom is -0.0200 e. The first-order valence-corrected chi connectivity index (χ1v) is 6.05. The lowest BCUT2D eigenvalue weighted by Gasteiger charge is -1.87. The van der Waals surface area contributed by atoms with Gasteiger partial charge >= 0.3 is 0 Å². The molecule has 0 saturated heterocycles. The van der Waals surface area contributed by atoms with Gasteiger partial charge in [0.15, 0.2) is 0 Å². The molecule has 0 rings (SSSR count). The minimum absolute atomic E-state index is 1.14. The molecule has 0 amide bonds. The van der Waals surface area contributed by atoms with Gasteiger partial charge < -0.3 is 0 Å². The first-order valence-electron chi connectivity index (χ1n) is 6.05. The summed E-state index contributed by atoms with van der Waals surface area (Å²) in [5.74, 6) is 0. The molecule has 0 aromatic carbocycles. The third-order valence-electron chi connectivity index (χ3n) is 1.97. The molecule has 0 aliphatic carbocycles. The minimum atomic E-state index is 1.14. The van der Waals surface area contributed by atoms with Gasteiger partial charge in [-0.3, -0.25) is 0 Å². The first kappa shape index (κ1) is 15.2. The number of allylic oxidation sites excluding steroid dienone is 10. The SMILES string of the molecule is C=C/C=C/C=C=C/C=C/C=C/CCCC=CC. The molecule has 17 heavy (non-hydrogen) atoms. The van der Waals surface area contributed by atoms with Crippen molar-refractivity contribution >= 4 is 0 Å². The molecule has 0 N–H and O–H groups in total. The van der Waals surface area contributed by atoms with Crippen LogP contribution >= 0.6 is 0 Å². The summed E-state index contributed by atoms with van der Waals surface area (Å²) in [5, 5.41) is 0. The summed E-state index contributed by atoms with van der Waals surface area (Å²) >= 11 is 0. The summed E-state index contributed by atoms with van der Waals surface area (Å²) < 4.78 is 0. The van der Waals surface area contributed by atoms with Crippen molar-refractivity contribution < 1.29 is 0 Å². The van der Waals surface area contributed by atoms with Crippen LogP contribution in [0.25, 0.3) is 0 Å². The van der Waals surface area contributed by atoms with E-state index in [9.17, 15) is 0 Å². The molecule has 0 heterocycles. The van der Waals surface area contributed by atoms with Crippen LogP contribution < -0.4 is 0 Å². The van der Waals surface area contributed by atoms with E-state index in [0.29, 0.717) is 0 Å². The highest BCUT2D eigenvalue weighted by Gasteiger charge is 1.77. The molecule has 0 heteroatoms. The monoisotopic (exact) mass is 226 g/mol. The third kappa shape index (κ3) is 14.2. The Bertz CT molecular complexity index is 342. The van der Waals surface area contributed by atoms with Crippen LogP contribution in [-0.2, 0) is 0 Å². The fraction of sp³-hybridized carbons (Fsp3) is 0.235. The molecule has 0 saturated carbocycles. The van der Waals surface area contributed by atoms with Gasteiger partial charge in [-0.1, -0.05) is 61.3 Å². The van der Waals surface area contributed by atoms with E-state index < -0.39 is 0 Å². The van der Waals surface area contributed by atoms with Crippen LogP contribution in [0.2, 0.25) is 0 Å². The molecule has 0 aromatic heterocycles. The smallest absolute Gasteiger partial charge is 0.0200 e. The van der Waals surface area contributed by atoms with Gasteiger partial charge in [0.05, 0.1) is 0 Å². The van der Waals surface area contributed by atoms with Crippen LogP contribution in [0.4, 0.5) is 0 Å². The molecule has 0 spiro atoms. The Kier molecular flexibility index (Phi) is 12.7. The summed E-state index contributed by atoms with van der Waals surface area (Å²) in [6.45, 7) is 5.64. The predicted octanol–water partition coefficient (Wildman–Crippen LogP) is 5.30. The molecule has 0 aliphatic heterocycles. The molecular weight excluding hydrogens is 204 g/mol. The van der Waals surface area contributed by atoms with E-state index in [0.717, 1.165) is 6.42 Å². The quantitative estimate of drug-likeness (QED) is 0.228. The highest BCUT2D eigenvalue weighted by Crippen LogP contribution is 1.97. The fourth-order valence-corrected chi connectivity index (χ4v) is 1.12. The van der Waals surface area contributed by atoms with Crippen molar-refractivity contribution in [3.8, 4) is 0 Å². The Labute approximate surface area is 106 Å². The summed E-state index contributed by atoms with van der Waals surface area (Å²) in [5.41, 5.74) is 3.02. The van der Waals surface area contributed by atoms with Crippen molar-refractivity contribution in [1.29, 1.82) is 0 Å². The van der Waals surface area contributed by atoms with E-state index in [-0.39, 0.29) is 0 Å². The van der Waals surface area contributed by atoms with E-state index >= 15 is 0 Å². The Morgan fingerprint density at radius 2 is 1.59 bits per heavy atom. The lowest BCUT2D eigenvalue weighted by Crippen LogP contribution is -1.67. The third-order valence-corrected chi connectivity index (χ3v) is 1.97. The zero-order chi connectivity index (χ0) is 12.6. The Balaban J connectivity index is 3.65. The van der Waals surface area contributed by atoms with Gasteiger partial charge in [-0.15, -0.1) is 5.73 Å². The summed E-state index contributed by atoms with van der Waals surface area (Å²) in [7, 11) is 0. The van der Waals surface area contributed by atoms with Crippen LogP contribution in [0.1, 0.15) is 26.2 Å². The van der Waals surface area contributed by atoms with E-state index in [2.05, 4.69) is 43.5 Å². The van der Waals surface area contributed by atoms with Crippen LogP contribution in [0.15, 0.2) is 79.1 Å². The summed E-state index contributed by atoms with van der Waals surface area (Å²) in [4.78, 5) is 0. The number of hydrogen-bond acceptors (Lipinski definition) is 0. The second-order valence-corrected chi connectivity index (χ2v) is 3.43. The molecule has 0 unspecified atom stereocenters. The van der Waals surface area contributed by atoms with Crippen molar-refractivity contribution in [3.63, 3.8) is 0 Å². The lowest BCUT2D eigenvalue weighted by atomic mass is 10.2. The maximum atomic E-state index is 3.58. The van der Waals surface area contributed by atoms with Gasteiger partial charge in [0.2, 0.25) is 0 Å². The average molecular weight is 226 g/mol. The minimum Gasteiger partial charge on any atom is -0.121 e. The van der Waals surface area contributed by atoms with Gasteiger partial charge in [0, 0.05) is 0 Å². The van der Waals surface area contributed by atoms with Crippen molar-refractivity contribution in [2.75, 3.05) is 0 Å². The van der Waals surface area contributed by atoms with E-state index in [1.165, 1.54) is 12.8 Å². The first-order chi connectivity index (χ1) is 8.41. The maximum absolute atomic E-state index is 3.58. The largest absolute Gasteiger partial charge is 0.121 e. The topological polar surface area (TPSA) is 0 Å². The van der Waals surface area contributed by atoms with Crippen LogP contribution in [-0.4, -0.2) is 0 Å². The summed E-state index contributed by atoms with van der Waals surface area (Å²) in [6, 6.07) is 0. The Morgan fingerprint density at radius 1 is 0.882 bits per heavy atom. The molecule has 0 aromatic rings. The average Bonchev–Trinajstić information content (AvgIpc) is 2.35. The van der Waals surface area contributed by atoms with Gasteiger partial charge in [0.25, 0.3) is 0 Å². The molecule has 0 radical (unpaired) electrons. The standard InChI is InChI=1S/C17H22/c1-3-5-7-9-11-13-15-17-16-14-12-10-8-6-4-2/h3-7,9,13-17H,1,8,10,12H2,2H3/b6-4?,7-5+,16-14+,17-15+. The zero-order valence-electron chi connectivity index (χ0n) is 10.7. The highest BCUT2D eigenvalue weighted by molar-refractivity contribution is 5.14.